The molecule has 198 valence electrons. The number of carbonyl (C=O) groups is 2. The molecule has 2 atom stereocenters. The highest BCUT2D eigenvalue weighted by atomic mass is 19.1. The second-order valence-electron chi connectivity index (χ2n) is 9.94. The van der Waals surface area contributed by atoms with Gasteiger partial charge < -0.3 is 30.0 Å². The number of rotatable bonds is 8. The maximum Gasteiger partial charge on any atom is 0.408 e. The molecule has 1 aromatic rings. The van der Waals surface area contributed by atoms with Crippen molar-refractivity contribution in [1.82, 2.24) is 10.6 Å². The first kappa shape index (κ1) is 32.0. The second-order valence-corrected chi connectivity index (χ2v) is 9.94. The molecule has 0 fully saturated rings. The van der Waals surface area contributed by atoms with Gasteiger partial charge in [-0.1, -0.05) is 5.92 Å². The standard InChI is InChI=1S/C17H26FNO4.C9H15NO2/c1-12(19-16(21)23-17(2,3)4)5-6-13-11-14(18)7-8-15(13)22-10-9-20;1-6-7(2)10-8(11)12-9(3,4)5/h7-8,11-12,20H,5-6,9-10H2,1-4H3,(H,19,21);1,7H,2-5H3,(H,10,11)/t12-;7-/m00/s1. The Morgan fingerprint density at radius 3 is 2.09 bits per heavy atom. The van der Waals surface area contributed by atoms with Crippen LogP contribution in [0.2, 0.25) is 0 Å². The predicted octanol–water partition coefficient (Wildman–Crippen LogP) is 4.58. The van der Waals surface area contributed by atoms with Gasteiger partial charge in [-0.3, -0.25) is 0 Å². The molecule has 0 aromatic heterocycles. The fourth-order valence-electron chi connectivity index (χ4n) is 2.52. The van der Waals surface area contributed by atoms with Gasteiger partial charge in [-0.15, -0.1) is 6.42 Å². The first-order valence-corrected chi connectivity index (χ1v) is 11.5. The molecule has 35 heavy (non-hydrogen) atoms. The van der Waals surface area contributed by atoms with Gasteiger partial charge in [0.15, 0.2) is 0 Å². The number of ether oxygens (including phenoxy) is 3. The molecule has 0 aliphatic rings. The van der Waals surface area contributed by atoms with Gasteiger partial charge in [0, 0.05) is 6.04 Å². The van der Waals surface area contributed by atoms with Gasteiger partial charge in [0.1, 0.15) is 29.4 Å². The van der Waals surface area contributed by atoms with Crippen LogP contribution in [0, 0.1) is 18.2 Å². The highest BCUT2D eigenvalue weighted by Gasteiger charge is 2.18. The molecule has 1 aromatic carbocycles. The molecule has 8 nitrogen and oxygen atoms in total. The number of halogens is 1. The average Bonchev–Trinajstić information content (AvgIpc) is 2.69. The van der Waals surface area contributed by atoms with Gasteiger partial charge in [-0.05, 0) is 92.0 Å². The minimum atomic E-state index is -0.544. The van der Waals surface area contributed by atoms with Crippen molar-refractivity contribution in [2.75, 3.05) is 13.2 Å². The number of hydrogen-bond donors (Lipinski definition) is 3. The maximum absolute atomic E-state index is 13.4. The van der Waals surface area contributed by atoms with E-state index in [1.54, 1.807) is 54.5 Å². The summed E-state index contributed by atoms with van der Waals surface area (Å²) in [5, 5.41) is 14.1. The fourth-order valence-corrected chi connectivity index (χ4v) is 2.52. The van der Waals surface area contributed by atoms with Crippen molar-refractivity contribution in [1.29, 1.82) is 0 Å². The van der Waals surface area contributed by atoms with E-state index < -0.39 is 23.4 Å². The SMILES string of the molecule is C#C[C@H](C)NC(=O)OC(C)(C)C.C[C@@H](CCc1cc(F)ccc1OCCO)NC(=O)OC(C)(C)C. The molecule has 0 unspecified atom stereocenters. The van der Waals surface area contributed by atoms with Crippen LogP contribution in [0.15, 0.2) is 18.2 Å². The molecule has 1 rings (SSSR count). The van der Waals surface area contributed by atoms with E-state index in [0.29, 0.717) is 24.2 Å². The molecule has 3 N–H and O–H groups in total. The molecule has 2 amide bonds. The van der Waals surface area contributed by atoms with Crippen LogP contribution in [-0.4, -0.2) is 53.8 Å². The number of benzene rings is 1. The van der Waals surface area contributed by atoms with Crippen LogP contribution >= 0.6 is 0 Å². The zero-order chi connectivity index (χ0) is 27.2. The van der Waals surface area contributed by atoms with Crippen LogP contribution in [0.3, 0.4) is 0 Å². The van der Waals surface area contributed by atoms with Gasteiger partial charge in [0.05, 0.1) is 12.6 Å². The lowest BCUT2D eigenvalue weighted by molar-refractivity contribution is 0.0499. The zero-order valence-electron chi connectivity index (χ0n) is 22.2. The molecule has 0 saturated heterocycles. The normalized spacial score (nSPS) is 12.7. The summed E-state index contributed by atoms with van der Waals surface area (Å²) in [6.45, 7) is 14.4. The first-order chi connectivity index (χ1) is 16.1. The minimum Gasteiger partial charge on any atom is -0.491 e. The van der Waals surface area contributed by atoms with Gasteiger partial charge in [-0.2, -0.15) is 0 Å². The largest absolute Gasteiger partial charge is 0.491 e. The van der Waals surface area contributed by atoms with E-state index >= 15 is 0 Å². The van der Waals surface area contributed by atoms with Crippen molar-refractivity contribution in [2.24, 2.45) is 0 Å². The van der Waals surface area contributed by atoms with E-state index in [2.05, 4.69) is 16.6 Å². The molecule has 0 heterocycles. The Bertz CT molecular complexity index is 840. The smallest absolute Gasteiger partial charge is 0.408 e. The average molecular weight is 497 g/mol. The molecule has 0 aliphatic carbocycles. The molecule has 9 heteroatoms. The Hall–Kier alpha value is -2.99. The summed E-state index contributed by atoms with van der Waals surface area (Å²) >= 11 is 0. The summed E-state index contributed by atoms with van der Waals surface area (Å²) in [5.74, 6) is 2.57. The third-order valence-electron chi connectivity index (χ3n) is 3.96. The van der Waals surface area contributed by atoms with Gasteiger partial charge >= 0.3 is 12.2 Å². The first-order valence-electron chi connectivity index (χ1n) is 11.5. The maximum atomic E-state index is 13.4. The third-order valence-corrected chi connectivity index (χ3v) is 3.96. The van der Waals surface area contributed by atoms with Crippen LogP contribution in [0.25, 0.3) is 0 Å². The second kappa shape index (κ2) is 15.1. The van der Waals surface area contributed by atoms with Gasteiger partial charge in [0.2, 0.25) is 0 Å². The molecule has 0 radical (unpaired) electrons. The van der Waals surface area contributed by atoms with E-state index in [1.807, 2.05) is 6.92 Å². The molecule has 0 aliphatic heterocycles. The van der Waals surface area contributed by atoms with Crippen LogP contribution in [0.4, 0.5) is 14.0 Å². The Labute approximate surface area is 208 Å². The molecule has 0 bridgehead atoms. The Kier molecular flexibility index (Phi) is 13.8. The summed E-state index contributed by atoms with van der Waals surface area (Å²) in [6.07, 6.45) is 5.26. The molecule has 0 spiro atoms. The monoisotopic (exact) mass is 496 g/mol. The molecular weight excluding hydrogens is 455 g/mol. The third kappa shape index (κ3) is 17.1. The van der Waals surface area contributed by atoms with Crippen LogP contribution in [0.1, 0.15) is 67.4 Å². The number of aliphatic hydroxyl groups excluding tert-OH is 1. The number of amides is 2. The number of hydrogen-bond acceptors (Lipinski definition) is 6. The highest BCUT2D eigenvalue weighted by molar-refractivity contribution is 5.68. The lowest BCUT2D eigenvalue weighted by Crippen LogP contribution is -2.37. The van der Waals surface area contributed by atoms with Crippen molar-refractivity contribution in [3.63, 3.8) is 0 Å². The summed E-state index contributed by atoms with van der Waals surface area (Å²) in [6, 6.07) is 3.86. The van der Waals surface area contributed by atoms with Crippen molar-refractivity contribution in [3.05, 3.63) is 29.6 Å². The number of carbonyl (C=O) groups excluding carboxylic acids is 2. The summed E-state index contributed by atoms with van der Waals surface area (Å²) in [7, 11) is 0. The van der Waals surface area contributed by atoms with E-state index in [0.717, 1.165) is 0 Å². The number of aliphatic hydroxyl groups is 1. The summed E-state index contributed by atoms with van der Waals surface area (Å²) in [4.78, 5) is 22.7. The number of aryl methyl sites for hydroxylation is 1. The highest BCUT2D eigenvalue weighted by Crippen LogP contribution is 2.22. The number of terminal acetylenes is 1. The van der Waals surface area contributed by atoms with Gasteiger partial charge in [-0.25, -0.2) is 14.0 Å². The molecular formula is C26H41FN2O6. The van der Waals surface area contributed by atoms with Crippen LogP contribution in [-0.2, 0) is 15.9 Å². The fraction of sp³-hybridized carbons (Fsp3) is 0.615. The lowest BCUT2D eigenvalue weighted by Gasteiger charge is -2.22. The number of nitrogens with one attached hydrogen (secondary N) is 2. The minimum absolute atomic E-state index is 0.104. The quantitative estimate of drug-likeness (QED) is 0.455. The van der Waals surface area contributed by atoms with E-state index in [1.165, 1.54) is 12.1 Å². The summed E-state index contributed by atoms with van der Waals surface area (Å²) in [5.41, 5.74) is -0.313. The van der Waals surface area contributed by atoms with Crippen LogP contribution < -0.4 is 15.4 Å². The Balaban J connectivity index is 0.000000814. The van der Waals surface area contributed by atoms with Crippen molar-refractivity contribution >= 4 is 12.2 Å². The Morgan fingerprint density at radius 1 is 1.06 bits per heavy atom. The van der Waals surface area contributed by atoms with E-state index in [-0.39, 0.29) is 31.1 Å². The van der Waals surface area contributed by atoms with E-state index in [4.69, 9.17) is 25.7 Å². The lowest BCUT2D eigenvalue weighted by atomic mass is 10.0. The van der Waals surface area contributed by atoms with Crippen LogP contribution in [0.5, 0.6) is 5.75 Å². The molecule has 0 saturated carbocycles. The topological polar surface area (TPSA) is 106 Å². The Morgan fingerprint density at radius 2 is 1.60 bits per heavy atom. The predicted molar refractivity (Wildman–Crippen MR) is 134 cm³/mol. The van der Waals surface area contributed by atoms with Crippen molar-refractivity contribution in [3.8, 4) is 18.1 Å². The summed E-state index contributed by atoms with van der Waals surface area (Å²) < 4.78 is 28.9. The number of alkyl carbamates (subject to hydrolysis) is 2. The zero-order valence-corrected chi connectivity index (χ0v) is 22.2. The van der Waals surface area contributed by atoms with E-state index in [9.17, 15) is 14.0 Å². The van der Waals surface area contributed by atoms with Crippen molar-refractivity contribution < 1.29 is 33.3 Å². The van der Waals surface area contributed by atoms with Gasteiger partial charge in [0.25, 0.3) is 0 Å². The van der Waals surface area contributed by atoms with Crippen molar-refractivity contribution in [2.45, 2.75) is 91.5 Å².